The summed E-state index contributed by atoms with van der Waals surface area (Å²) in [6.07, 6.45) is 0. The van der Waals surface area contributed by atoms with Crippen LogP contribution in [0.3, 0.4) is 0 Å². The van der Waals surface area contributed by atoms with Gasteiger partial charge in [0.1, 0.15) is 12.4 Å². The summed E-state index contributed by atoms with van der Waals surface area (Å²) in [4.78, 5) is 35.4. The van der Waals surface area contributed by atoms with E-state index in [-0.39, 0.29) is 40.7 Å². The fourth-order valence-electron chi connectivity index (χ4n) is 2.77. The summed E-state index contributed by atoms with van der Waals surface area (Å²) in [5.74, 6) is -0.431. The number of hydrogen-bond acceptors (Lipinski definition) is 5. The highest BCUT2D eigenvalue weighted by Crippen LogP contribution is 2.24. The second-order valence-corrected chi connectivity index (χ2v) is 7.33. The third-order valence-electron chi connectivity index (χ3n) is 4.28. The Balaban J connectivity index is 1.63. The molecule has 0 aromatic heterocycles. The number of carbonyl (C=O) groups excluding carboxylic acids is 2. The van der Waals surface area contributed by atoms with E-state index in [1.807, 2.05) is 0 Å². The largest absolute Gasteiger partial charge is 0.492 e. The number of hydrogen-bond donors (Lipinski definition) is 2. The Morgan fingerprint density at radius 1 is 0.938 bits per heavy atom. The first kappa shape index (κ1) is 23.1. The molecule has 0 saturated carbocycles. The molecule has 32 heavy (non-hydrogen) atoms. The van der Waals surface area contributed by atoms with Crippen LogP contribution < -0.4 is 15.4 Å². The molecule has 0 aliphatic heterocycles. The van der Waals surface area contributed by atoms with Gasteiger partial charge in [0.15, 0.2) is 0 Å². The van der Waals surface area contributed by atoms with Gasteiger partial charge in [-0.3, -0.25) is 19.7 Å². The standard InChI is InChI=1S/C22H17Cl2N3O5/c23-14-4-3-5-16(12-14)32-11-10-25-21(28)18-6-1-2-7-20(18)26-22(29)17-9-8-15(27(30)31)13-19(17)24/h1-9,12-13H,10-11H2,(H,25,28)(H,26,29). The van der Waals surface area contributed by atoms with E-state index in [0.29, 0.717) is 10.8 Å². The van der Waals surface area contributed by atoms with Gasteiger partial charge in [0.2, 0.25) is 0 Å². The van der Waals surface area contributed by atoms with Gasteiger partial charge < -0.3 is 15.4 Å². The number of nitro benzene ring substituents is 1. The predicted molar refractivity (Wildman–Crippen MR) is 122 cm³/mol. The maximum absolute atomic E-state index is 12.6. The Kier molecular flexibility index (Phi) is 7.64. The smallest absolute Gasteiger partial charge is 0.270 e. The molecule has 10 heteroatoms. The predicted octanol–water partition coefficient (Wildman–Crippen LogP) is 4.96. The highest BCUT2D eigenvalue weighted by molar-refractivity contribution is 6.34. The van der Waals surface area contributed by atoms with Gasteiger partial charge in [0.25, 0.3) is 17.5 Å². The van der Waals surface area contributed by atoms with E-state index < -0.39 is 16.7 Å². The maximum atomic E-state index is 12.6. The van der Waals surface area contributed by atoms with E-state index >= 15 is 0 Å². The first-order valence-corrected chi connectivity index (χ1v) is 10.1. The zero-order valence-electron chi connectivity index (χ0n) is 16.5. The van der Waals surface area contributed by atoms with Crippen molar-refractivity contribution in [3.63, 3.8) is 0 Å². The van der Waals surface area contributed by atoms with Crippen LogP contribution in [-0.4, -0.2) is 29.9 Å². The lowest BCUT2D eigenvalue weighted by Crippen LogP contribution is -2.29. The van der Waals surface area contributed by atoms with Crippen molar-refractivity contribution < 1.29 is 19.2 Å². The first-order chi connectivity index (χ1) is 15.3. The van der Waals surface area contributed by atoms with E-state index in [1.165, 1.54) is 12.1 Å². The van der Waals surface area contributed by atoms with Gasteiger partial charge in [-0.2, -0.15) is 0 Å². The Labute approximate surface area is 193 Å². The molecule has 3 aromatic carbocycles. The number of amides is 2. The number of carbonyl (C=O) groups is 2. The average molecular weight is 474 g/mol. The molecule has 0 saturated heterocycles. The van der Waals surface area contributed by atoms with Crippen molar-refractivity contribution in [1.82, 2.24) is 5.32 Å². The molecule has 0 unspecified atom stereocenters. The molecular weight excluding hydrogens is 457 g/mol. The topological polar surface area (TPSA) is 111 Å². The van der Waals surface area contributed by atoms with E-state index in [0.717, 1.165) is 6.07 Å². The van der Waals surface area contributed by atoms with Crippen molar-refractivity contribution in [1.29, 1.82) is 0 Å². The van der Waals surface area contributed by atoms with Gasteiger partial charge in [0.05, 0.1) is 33.3 Å². The number of anilines is 1. The molecule has 0 radical (unpaired) electrons. The van der Waals surface area contributed by atoms with E-state index in [1.54, 1.807) is 48.5 Å². The molecule has 164 valence electrons. The minimum absolute atomic E-state index is 0.0439. The van der Waals surface area contributed by atoms with Crippen molar-refractivity contribution in [2.24, 2.45) is 0 Å². The zero-order valence-corrected chi connectivity index (χ0v) is 18.0. The number of nitrogens with one attached hydrogen (secondary N) is 2. The van der Waals surface area contributed by atoms with Crippen LogP contribution in [0.15, 0.2) is 66.7 Å². The maximum Gasteiger partial charge on any atom is 0.270 e. The van der Waals surface area contributed by atoms with E-state index in [2.05, 4.69) is 10.6 Å². The lowest BCUT2D eigenvalue weighted by Gasteiger charge is -2.12. The van der Waals surface area contributed by atoms with Gasteiger partial charge in [-0.05, 0) is 36.4 Å². The number of nitrogens with zero attached hydrogens (tertiary/aromatic N) is 1. The van der Waals surface area contributed by atoms with Crippen LogP contribution in [0.25, 0.3) is 0 Å². The molecule has 0 bridgehead atoms. The summed E-state index contributed by atoms with van der Waals surface area (Å²) < 4.78 is 5.53. The molecule has 2 N–H and O–H groups in total. The lowest BCUT2D eigenvalue weighted by atomic mass is 10.1. The average Bonchev–Trinajstić information content (AvgIpc) is 2.76. The lowest BCUT2D eigenvalue weighted by molar-refractivity contribution is -0.384. The Bertz CT molecular complexity index is 1170. The molecule has 0 aliphatic carbocycles. The van der Waals surface area contributed by atoms with E-state index in [9.17, 15) is 19.7 Å². The second-order valence-electron chi connectivity index (χ2n) is 6.48. The Hall–Kier alpha value is -3.62. The van der Waals surface area contributed by atoms with Crippen LogP contribution in [0.1, 0.15) is 20.7 Å². The minimum Gasteiger partial charge on any atom is -0.492 e. The van der Waals surface area contributed by atoms with Crippen LogP contribution in [0.2, 0.25) is 10.0 Å². The fraction of sp³-hybridized carbons (Fsp3) is 0.0909. The van der Waals surface area contributed by atoms with Crippen molar-refractivity contribution in [2.45, 2.75) is 0 Å². The van der Waals surface area contributed by atoms with Crippen molar-refractivity contribution in [3.8, 4) is 5.75 Å². The minimum atomic E-state index is -0.608. The molecule has 0 aliphatic rings. The number of nitro groups is 1. The molecule has 0 heterocycles. The van der Waals surface area contributed by atoms with Gasteiger partial charge in [0, 0.05) is 17.2 Å². The van der Waals surface area contributed by atoms with Crippen molar-refractivity contribution in [2.75, 3.05) is 18.5 Å². The Morgan fingerprint density at radius 2 is 1.72 bits per heavy atom. The monoisotopic (exact) mass is 473 g/mol. The second kappa shape index (κ2) is 10.6. The van der Waals surface area contributed by atoms with Gasteiger partial charge >= 0.3 is 0 Å². The number of ether oxygens (including phenoxy) is 1. The SMILES string of the molecule is O=C(Nc1ccccc1C(=O)NCCOc1cccc(Cl)c1)c1ccc([N+](=O)[O-])cc1Cl. The summed E-state index contributed by atoms with van der Waals surface area (Å²) in [6, 6.07) is 16.9. The summed E-state index contributed by atoms with van der Waals surface area (Å²) in [5.41, 5.74) is 0.315. The van der Waals surface area contributed by atoms with Gasteiger partial charge in [-0.15, -0.1) is 0 Å². The van der Waals surface area contributed by atoms with Crippen molar-refractivity contribution >= 4 is 46.4 Å². The van der Waals surface area contributed by atoms with Crippen LogP contribution >= 0.6 is 23.2 Å². The fourth-order valence-corrected chi connectivity index (χ4v) is 3.21. The van der Waals surface area contributed by atoms with Crippen LogP contribution in [0.5, 0.6) is 5.75 Å². The summed E-state index contributed by atoms with van der Waals surface area (Å²) in [6.45, 7) is 0.445. The first-order valence-electron chi connectivity index (χ1n) is 9.36. The highest BCUT2D eigenvalue weighted by Gasteiger charge is 2.18. The molecule has 0 fully saturated rings. The van der Waals surface area contributed by atoms with Crippen LogP contribution in [0.4, 0.5) is 11.4 Å². The van der Waals surface area contributed by atoms with Crippen molar-refractivity contribution in [3.05, 3.63) is 98.0 Å². The third kappa shape index (κ3) is 5.96. The van der Waals surface area contributed by atoms with Crippen LogP contribution in [0, 0.1) is 10.1 Å². The molecule has 3 aromatic rings. The summed E-state index contributed by atoms with van der Waals surface area (Å²) in [7, 11) is 0. The molecule has 0 spiro atoms. The highest BCUT2D eigenvalue weighted by atomic mass is 35.5. The van der Waals surface area contributed by atoms with E-state index in [4.69, 9.17) is 27.9 Å². The molecule has 0 atom stereocenters. The number of rotatable bonds is 8. The number of non-ortho nitro benzene ring substituents is 1. The number of halogens is 2. The summed E-state index contributed by atoms with van der Waals surface area (Å²) in [5, 5.41) is 16.6. The molecule has 8 nitrogen and oxygen atoms in total. The zero-order chi connectivity index (χ0) is 23.1. The normalized spacial score (nSPS) is 10.3. The van der Waals surface area contributed by atoms with Crippen LogP contribution in [-0.2, 0) is 0 Å². The summed E-state index contributed by atoms with van der Waals surface area (Å²) >= 11 is 11.9. The molecule has 2 amide bonds. The Morgan fingerprint density at radius 3 is 2.44 bits per heavy atom. The third-order valence-corrected chi connectivity index (χ3v) is 4.83. The van der Waals surface area contributed by atoms with Gasteiger partial charge in [-0.1, -0.05) is 41.4 Å². The number of para-hydroxylation sites is 1. The molecular formula is C22H17Cl2N3O5. The quantitative estimate of drug-likeness (QED) is 0.272. The van der Waals surface area contributed by atoms with Gasteiger partial charge in [-0.25, -0.2) is 0 Å². The molecule has 3 rings (SSSR count). The number of benzene rings is 3.